The minimum Gasteiger partial charge on any atom is -0.396 e. The summed E-state index contributed by atoms with van der Waals surface area (Å²) in [5.74, 6) is 1.01. The molecule has 1 aromatic rings. The molecule has 3 nitrogen and oxygen atoms in total. The third kappa shape index (κ3) is 5.41. The van der Waals surface area contributed by atoms with Crippen molar-refractivity contribution in [2.45, 2.75) is 37.8 Å². The van der Waals surface area contributed by atoms with Crippen LogP contribution < -0.4 is 0 Å². The van der Waals surface area contributed by atoms with Crippen molar-refractivity contribution in [3.8, 4) is 0 Å². The molecule has 0 heterocycles. The minimum atomic E-state index is -2.47. The molecule has 0 saturated heterocycles. The van der Waals surface area contributed by atoms with Gasteiger partial charge in [0, 0.05) is 20.1 Å². The van der Waals surface area contributed by atoms with Crippen molar-refractivity contribution in [2.75, 3.05) is 20.1 Å². The van der Waals surface area contributed by atoms with Gasteiger partial charge < -0.3 is 13.3 Å². The molecule has 118 valence electrons. The maximum atomic E-state index is 11.9. The molecule has 0 radical (unpaired) electrons. The Morgan fingerprint density at radius 2 is 1.81 bits per heavy atom. The number of unbranched alkanes of at least 4 members (excludes halogenated alkanes) is 1. The summed E-state index contributed by atoms with van der Waals surface area (Å²) in [5.41, 5.74) is 1.29. The topological polar surface area (TPSA) is 35.5 Å². The Hall–Kier alpha value is -0.336. The monoisotopic (exact) mass is 344 g/mol. The molecule has 0 aliphatic carbocycles. The standard InChI is InChI=1S/C15H25ClO3Si2/c1-18-21(19-2,20(3)17)12-8-7-11-15(13-16)14-9-5-4-6-10-14/h4-6,9-10,15H,7-8,11-13H2,1-3H3. The maximum Gasteiger partial charge on any atom is 0.384 e. The first-order valence-electron chi connectivity index (χ1n) is 7.32. The third-order valence-corrected chi connectivity index (χ3v) is 12.9. The molecule has 0 bridgehead atoms. The quantitative estimate of drug-likeness (QED) is 0.365. The lowest BCUT2D eigenvalue weighted by Crippen LogP contribution is -2.49. The molecular formula is C15H25ClO3Si2. The van der Waals surface area contributed by atoms with Crippen LogP contribution in [0.25, 0.3) is 0 Å². The van der Waals surface area contributed by atoms with E-state index in [4.69, 9.17) is 20.5 Å². The van der Waals surface area contributed by atoms with Gasteiger partial charge in [0.05, 0.1) is 0 Å². The van der Waals surface area contributed by atoms with Crippen LogP contribution in [0.2, 0.25) is 12.6 Å². The molecule has 0 spiro atoms. The summed E-state index contributed by atoms with van der Waals surface area (Å²) in [6.07, 6.45) is 3.05. The van der Waals surface area contributed by atoms with E-state index >= 15 is 0 Å². The van der Waals surface area contributed by atoms with Crippen molar-refractivity contribution in [2.24, 2.45) is 0 Å². The Morgan fingerprint density at radius 3 is 2.29 bits per heavy atom. The van der Waals surface area contributed by atoms with Crippen molar-refractivity contribution in [3.63, 3.8) is 0 Å². The SMILES string of the molecule is CO[Si](CCCCC(CCl)c1ccccc1)(OC)[Si](C)=O. The molecule has 0 fully saturated rings. The van der Waals surface area contributed by atoms with E-state index in [1.165, 1.54) is 5.56 Å². The van der Waals surface area contributed by atoms with Crippen molar-refractivity contribution < 1.29 is 13.3 Å². The van der Waals surface area contributed by atoms with Crippen molar-refractivity contribution in [1.82, 2.24) is 0 Å². The number of alkyl halides is 1. The highest BCUT2D eigenvalue weighted by Crippen LogP contribution is 2.25. The second-order valence-corrected chi connectivity index (χ2v) is 13.9. The van der Waals surface area contributed by atoms with E-state index in [0.29, 0.717) is 11.8 Å². The van der Waals surface area contributed by atoms with Crippen LogP contribution in [0.4, 0.5) is 0 Å². The van der Waals surface area contributed by atoms with E-state index in [2.05, 4.69) is 12.1 Å². The molecular weight excluding hydrogens is 320 g/mol. The number of rotatable bonds is 10. The summed E-state index contributed by atoms with van der Waals surface area (Å²) >= 11 is 6.09. The zero-order valence-electron chi connectivity index (χ0n) is 13.1. The Labute approximate surface area is 135 Å². The van der Waals surface area contributed by atoms with Gasteiger partial charge in [-0.25, -0.2) is 0 Å². The largest absolute Gasteiger partial charge is 0.396 e. The molecule has 0 saturated carbocycles. The van der Waals surface area contributed by atoms with Crippen LogP contribution in [0.15, 0.2) is 30.3 Å². The Bertz CT molecular complexity index is 424. The fourth-order valence-electron chi connectivity index (χ4n) is 2.56. The molecule has 0 aliphatic rings. The second-order valence-electron chi connectivity index (χ2n) is 5.23. The van der Waals surface area contributed by atoms with Gasteiger partial charge in [-0.05, 0) is 30.5 Å². The zero-order valence-corrected chi connectivity index (χ0v) is 15.9. The average molecular weight is 345 g/mol. The first kappa shape index (κ1) is 18.7. The van der Waals surface area contributed by atoms with E-state index in [1.54, 1.807) is 20.8 Å². The first-order valence-corrected chi connectivity index (χ1v) is 12.8. The summed E-state index contributed by atoms with van der Waals surface area (Å²) < 4.78 is 22.9. The molecule has 0 aliphatic heterocycles. The highest BCUT2D eigenvalue weighted by molar-refractivity contribution is 7.20. The van der Waals surface area contributed by atoms with Crippen LogP contribution in [0.1, 0.15) is 30.7 Å². The molecule has 21 heavy (non-hydrogen) atoms. The average Bonchev–Trinajstić information content (AvgIpc) is 2.52. The molecule has 0 aromatic heterocycles. The van der Waals surface area contributed by atoms with Gasteiger partial charge in [-0.2, -0.15) is 0 Å². The molecule has 0 N–H and O–H groups in total. The van der Waals surface area contributed by atoms with E-state index in [9.17, 15) is 4.46 Å². The predicted octanol–water partition coefficient (Wildman–Crippen LogP) is 4.04. The lowest BCUT2D eigenvalue weighted by molar-refractivity contribution is 0.259. The van der Waals surface area contributed by atoms with E-state index < -0.39 is 16.3 Å². The van der Waals surface area contributed by atoms with Gasteiger partial charge in [-0.3, -0.25) is 0 Å². The van der Waals surface area contributed by atoms with Crippen LogP contribution in [-0.2, 0) is 13.3 Å². The molecule has 1 rings (SSSR count). The zero-order chi connectivity index (χ0) is 15.7. The van der Waals surface area contributed by atoms with Gasteiger partial charge in [0.2, 0.25) is 0 Å². The van der Waals surface area contributed by atoms with Gasteiger partial charge in [-0.1, -0.05) is 43.2 Å². The van der Waals surface area contributed by atoms with E-state index in [0.717, 1.165) is 25.3 Å². The normalized spacial score (nSPS) is 13.1. The summed E-state index contributed by atoms with van der Waals surface area (Å²) in [5, 5.41) is 0. The van der Waals surface area contributed by atoms with Crippen LogP contribution in [0, 0.1) is 0 Å². The summed E-state index contributed by atoms with van der Waals surface area (Å²) in [7, 11) is -1.01. The molecule has 0 amide bonds. The Morgan fingerprint density at radius 1 is 1.19 bits per heavy atom. The van der Waals surface area contributed by atoms with Crippen LogP contribution >= 0.6 is 11.6 Å². The van der Waals surface area contributed by atoms with Crippen LogP contribution in [0.3, 0.4) is 0 Å². The summed E-state index contributed by atoms with van der Waals surface area (Å²) in [6, 6.07) is 11.2. The lowest BCUT2D eigenvalue weighted by Gasteiger charge is -2.24. The Balaban J connectivity index is 2.47. The lowest BCUT2D eigenvalue weighted by atomic mass is 9.95. The fraction of sp³-hybridized carbons (Fsp3) is 0.600. The number of hydrogen-bond donors (Lipinski definition) is 0. The second kappa shape index (κ2) is 9.63. The third-order valence-electron chi connectivity index (χ3n) is 3.96. The highest BCUT2D eigenvalue weighted by atomic mass is 35.5. The van der Waals surface area contributed by atoms with Gasteiger partial charge >= 0.3 is 16.3 Å². The molecule has 1 atom stereocenters. The van der Waals surface area contributed by atoms with Gasteiger partial charge in [0.25, 0.3) is 0 Å². The predicted molar refractivity (Wildman–Crippen MR) is 90.6 cm³/mol. The van der Waals surface area contributed by atoms with Gasteiger partial charge in [0.1, 0.15) is 0 Å². The summed E-state index contributed by atoms with van der Waals surface area (Å²) in [4.78, 5) is 0. The van der Waals surface area contributed by atoms with Crippen LogP contribution in [0.5, 0.6) is 0 Å². The molecule has 6 heteroatoms. The van der Waals surface area contributed by atoms with Gasteiger partial charge in [-0.15, -0.1) is 11.6 Å². The highest BCUT2D eigenvalue weighted by Gasteiger charge is 2.42. The van der Waals surface area contributed by atoms with Crippen molar-refractivity contribution in [3.05, 3.63) is 35.9 Å². The summed E-state index contributed by atoms with van der Waals surface area (Å²) in [6.45, 7) is 1.75. The number of benzene rings is 1. The fourth-order valence-corrected chi connectivity index (χ4v) is 8.42. The number of halogens is 1. The van der Waals surface area contributed by atoms with E-state index in [-0.39, 0.29) is 0 Å². The molecule has 1 aromatic carbocycles. The van der Waals surface area contributed by atoms with Crippen LogP contribution in [-0.4, -0.2) is 36.4 Å². The molecule has 1 unspecified atom stereocenters. The van der Waals surface area contributed by atoms with Gasteiger partial charge in [0.15, 0.2) is 0 Å². The minimum absolute atomic E-state index is 0.382. The van der Waals surface area contributed by atoms with Crippen molar-refractivity contribution >= 4 is 27.9 Å². The Kier molecular flexibility index (Phi) is 8.58. The smallest absolute Gasteiger partial charge is 0.384 e. The van der Waals surface area contributed by atoms with E-state index in [1.807, 2.05) is 18.2 Å². The number of hydrogen-bond acceptors (Lipinski definition) is 3. The maximum absolute atomic E-state index is 11.9. The first-order chi connectivity index (χ1) is 10.1. The van der Waals surface area contributed by atoms with Crippen molar-refractivity contribution in [1.29, 1.82) is 0 Å².